The first kappa shape index (κ1) is 6.07. The van der Waals surface area contributed by atoms with Gasteiger partial charge in [-0.05, 0) is 6.42 Å². The maximum Gasteiger partial charge on any atom is 0.221 e. The Labute approximate surface area is 52.6 Å². The van der Waals surface area contributed by atoms with E-state index < -0.39 is 0 Å². The predicted molar refractivity (Wildman–Crippen MR) is 30.4 cm³/mol. The van der Waals surface area contributed by atoms with Crippen LogP contribution in [-0.4, -0.2) is 18.5 Å². The molecular weight excluding hydrogens is 120 g/mol. The second-order valence-corrected chi connectivity index (χ2v) is 1.94. The van der Waals surface area contributed by atoms with Gasteiger partial charge in [0.1, 0.15) is 6.17 Å². The zero-order chi connectivity index (χ0) is 6.69. The molecule has 1 saturated heterocycles. The van der Waals surface area contributed by atoms with Crippen LogP contribution in [0.3, 0.4) is 0 Å². The molecule has 1 atom stereocenters. The first-order chi connectivity index (χ1) is 4.33. The van der Waals surface area contributed by atoms with E-state index in [0.717, 1.165) is 0 Å². The number of nitrogens with one attached hydrogen (secondary N) is 2. The molecule has 2 N–H and O–H groups in total. The third-order valence-electron chi connectivity index (χ3n) is 1.26. The largest absolute Gasteiger partial charge is 0.339 e. The second-order valence-electron chi connectivity index (χ2n) is 1.94. The smallest absolute Gasteiger partial charge is 0.221 e. The highest BCUT2D eigenvalue weighted by molar-refractivity contribution is 5.78. The van der Waals surface area contributed by atoms with Crippen LogP contribution in [0.5, 0.6) is 0 Å². The zero-order valence-corrected chi connectivity index (χ0v) is 4.89. The minimum atomic E-state index is -0.130. The van der Waals surface area contributed by atoms with Crippen molar-refractivity contribution in [2.45, 2.75) is 19.0 Å². The van der Waals surface area contributed by atoms with Crippen molar-refractivity contribution in [3.05, 3.63) is 0 Å². The molecule has 0 bridgehead atoms. The maximum absolute atomic E-state index is 10.5. The number of hydrogen-bond acceptors (Lipinski definition) is 2. The van der Waals surface area contributed by atoms with E-state index in [1.165, 1.54) is 0 Å². The molecule has 4 nitrogen and oxygen atoms in total. The lowest BCUT2D eigenvalue weighted by Crippen LogP contribution is -2.37. The quantitative estimate of drug-likeness (QED) is 0.467. The van der Waals surface area contributed by atoms with Crippen LogP contribution in [0.4, 0.5) is 0 Å². The molecule has 9 heavy (non-hydrogen) atoms. The van der Waals surface area contributed by atoms with Gasteiger partial charge in [-0.3, -0.25) is 9.59 Å². The average molecular weight is 128 g/mol. The molecule has 0 saturated carbocycles. The highest BCUT2D eigenvalue weighted by Gasteiger charge is 2.18. The first-order valence-corrected chi connectivity index (χ1v) is 2.82. The maximum atomic E-state index is 10.5. The fraction of sp³-hybridized carbons (Fsp3) is 0.600. The monoisotopic (exact) mass is 128 g/mol. The number of carbonyl (C=O) groups is 2. The average Bonchev–Trinajstić information content (AvgIpc) is 2.17. The van der Waals surface area contributed by atoms with Gasteiger partial charge in [0.2, 0.25) is 12.3 Å². The third kappa shape index (κ3) is 1.42. The van der Waals surface area contributed by atoms with Crippen LogP contribution in [0.25, 0.3) is 0 Å². The number of hydrogen-bond donors (Lipinski definition) is 2. The van der Waals surface area contributed by atoms with Crippen molar-refractivity contribution in [1.82, 2.24) is 10.6 Å². The summed E-state index contributed by atoms with van der Waals surface area (Å²) >= 11 is 0. The van der Waals surface area contributed by atoms with Crippen molar-refractivity contribution in [2.75, 3.05) is 0 Å². The van der Waals surface area contributed by atoms with Gasteiger partial charge in [-0.2, -0.15) is 0 Å². The predicted octanol–water partition coefficient (Wildman–Crippen LogP) is -1.03. The third-order valence-corrected chi connectivity index (χ3v) is 1.26. The van der Waals surface area contributed by atoms with Gasteiger partial charge >= 0.3 is 0 Å². The molecule has 0 spiro atoms. The van der Waals surface area contributed by atoms with Crippen LogP contribution in [0.1, 0.15) is 12.8 Å². The Hall–Kier alpha value is -1.06. The van der Waals surface area contributed by atoms with Crippen molar-refractivity contribution in [1.29, 1.82) is 0 Å². The SMILES string of the molecule is O=CNC1CCC(=O)N1. The van der Waals surface area contributed by atoms with Gasteiger partial charge in [-0.25, -0.2) is 0 Å². The van der Waals surface area contributed by atoms with E-state index in [2.05, 4.69) is 10.6 Å². The van der Waals surface area contributed by atoms with Crippen molar-refractivity contribution in [3.8, 4) is 0 Å². The van der Waals surface area contributed by atoms with E-state index in [4.69, 9.17) is 0 Å². The summed E-state index contributed by atoms with van der Waals surface area (Å²) in [6.07, 6.45) is 1.69. The lowest BCUT2D eigenvalue weighted by atomic mass is 10.3. The first-order valence-electron chi connectivity index (χ1n) is 2.82. The number of rotatable bonds is 2. The molecule has 2 amide bonds. The molecule has 1 fully saturated rings. The Morgan fingerprint density at radius 2 is 2.56 bits per heavy atom. The molecule has 50 valence electrons. The summed E-state index contributed by atoms with van der Waals surface area (Å²) in [5.74, 6) is 0.00866. The van der Waals surface area contributed by atoms with Gasteiger partial charge in [-0.15, -0.1) is 0 Å². The van der Waals surface area contributed by atoms with E-state index >= 15 is 0 Å². The van der Waals surface area contributed by atoms with Crippen LogP contribution < -0.4 is 10.6 Å². The van der Waals surface area contributed by atoms with Crippen molar-refractivity contribution >= 4 is 12.3 Å². The van der Waals surface area contributed by atoms with Crippen molar-refractivity contribution < 1.29 is 9.59 Å². The highest BCUT2D eigenvalue weighted by Crippen LogP contribution is 2.01. The molecule has 4 heteroatoms. The molecule has 1 aliphatic rings. The topological polar surface area (TPSA) is 58.2 Å². The Kier molecular flexibility index (Phi) is 1.67. The second kappa shape index (κ2) is 2.48. The van der Waals surface area contributed by atoms with E-state index in [-0.39, 0.29) is 12.1 Å². The minimum Gasteiger partial charge on any atom is -0.339 e. The van der Waals surface area contributed by atoms with E-state index in [0.29, 0.717) is 19.3 Å². The lowest BCUT2D eigenvalue weighted by molar-refractivity contribution is -0.119. The van der Waals surface area contributed by atoms with Gasteiger partial charge < -0.3 is 10.6 Å². The summed E-state index contributed by atoms with van der Waals surface area (Å²) in [7, 11) is 0. The van der Waals surface area contributed by atoms with Crippen LogP contribution in [0.15, 0.2) is 0 Å². The fourth-order valence-corrected chi connectivity index (χ4v) is 0.821. The molecule has 1 rings (SSSR count). The molecule has 0 aromatic carbocycles. The minimum absolute atomic E-state index is 0.00866. The Bertz CT molecular complexity index is 135. The normalized spacial score (nSPS) is 25.3. The highest BCUT2D eigenvalue weighted by atomic mass is 16.2. The Balaban J connectivity index is 2.29. The van der Waals surface area contributed by atoms with Crippen LogP contribution in [-0.2, 0) is 9.59 Å². The van der Waals surface area contributed by atoms with Crippen LogP contribution >= 0.6 is 0 Å². The molecule has 0 radical (unpaired) electrons. The van der Waals surface area contributed by atoms with Crippen LogP contribution in [0, 0.1) is 0 Å². The van der Waals surface area contributed by atoms with Gasteiger partial charge in [0, 0.05) is 6.42 Å². The van der Waals surface area contributed by atoms with E-state index in [1.54, 1.807) is 0 Å². The van der Waals surface area contributed by atoms with E-state index in [9.17, 15) is 9.59 Å². The summed E-state index contributed by atoms with van der Waals surface area (Å²) in [5.41, 5.74) is 0. The summed E-state index contributed by atoms with van der Waals surface area (Å²) in [4.78, 5) is 20.3. The Morgan fingerprint density at radius 1 is 1.78 bits per heavy atom. The summed E-state index contributed by atoms with van der Waals surface area (Å²) in [6, 6.07) is 0. The molecule has 0 aliphatic carbocycles. The van der Waals surface area contributed by atoms with Gasteiger partial charge in [-0.1, -0.05) is 0 Å². The fourth-order valence-electron chi connectivity index (χ4n) is 0.821. The van der Waals surface area contributed by atoms with Crippen LogP contribution in [0.2, 0.25) is 0 Å². The molecular formula is C5H8N2O2. The molecule has 0 aromatic heterocycles. The standard InChI is InChI=1S/C5H8N2O2/c8-3-6-4-1-2-5(9)7-4/h3-4H,1-2H2,(H,6,8)(H,7,9). The van der Waals surface area contributed by atoms with Crippen molar-refractivity contribution in [2.24, 2.45) is 0 Å². The molecule has 1 unspecified atom stereocenters. The lowest BCUT2D eigenvalue weighted by Gasteiger charge is -2.05. The van der Waals surface area contributed by atoms with E-state index in [1.807, 2.05) is 0 Å². The van der Waals surface area contributed by atoms with Gasteiger partial charge in [0.15, 0.2) is 0 Å². The number of carbonyl (C=O) groups excluding carboxylic acids is 2. The zero-order valence-electron chi connectivity index (χ0n) is 4.89. The summed E-state index contributed by atoms with van der Waals surface area (Å²) in [5, 5.41) is 5.04. The number of amides is 2. The summed E-state index contributed by atoms with van der Waals surface area (Å²) < 4.78 is 0. The molecule has 1 aliphatic heterocycles. The molecule has 0 aromatic rings. The summed E-state index contributed by atoms with van der Waals surface area (Å²) in [6.45, 7) is 0. The van der Waals surface area contributed by atoms with Crippen molar-refractivity contribution in [3.63, 3.8) is 0 Å². The van der Waals surface area contributed by atoms with Gasteiger partial charge in [0.25, 0.3) is 0 Å². The molecule has 1 heterocycles. The van der Waals surface area contributed by atoms with Gasteiger partial charge in [0.05, 0.1) is 0 Å². The Morgan fingerprint density at radius 3 is 3.00 bits per heavy atom.